The Morgan fingerprint density at radius 3 is 2.23 bits per heavy atom. The second-order valence-corrected chi connectivity index (χ2v) is 5.83. The van der Waals surface area contributed by atoms with Crippen molar-refractivity contribution in [2.45, 2.75) is 52.9 Å². The molecule has 0 aromatic rings. The number of rotatable bonds is 2. The predicted molar refractivity (Wildman–Crippen MR) is 57.6 cm³/mol. The molecule has 2 aliphatic carbocycles. The van der Waals surface area contributed by atoms with Gasteiger partial charge >= 0.3 is 0 Å². The van der Waals surface area contributed by atoms with E-state index in [9.17, 15) is 0 Å². The van der Waals surface area contributed by atoms with Crippen LogP contribution >= 0.6 is 0 Å². The van der Waals surface area contributed by atoms with Crippen molar-refractivity contribution in [3.63, 3.8) is 0 Å². The van der Waals surface area contributed by atoms with Gasteiger partial charge in [-0.15, -0.1) is 0 Å². The van der Waals surface area contributed by atoms with Gasteiger partial charge < -0.3 is 0 Å². The Hall–Kier alpha value is 0. The van der Waals surface area contributed by atoms with Crippen molar-refractivity contribution in [2.75, 3.05) is 0 Å². The van der Waals surface area contributed by atoms with Crippen LogP contribution in [0.25, 0.3) is 0 Å². The summed E-state index contributed by atoms with van der Waals surface area (Å²) in [5, 5.41) is 0. The molecule has 0 nitrogen and oxygen atoms in total. The van der Waals surface area contributed by atoms with Crippen molar-refractivity contribution >= 4 is 0 Å². The van der Waals surface area contributed by atoms with E-state index in [1.165, 1.54) is 19.3 Å². The Morgan fingerprint density at radius 2 is 1.69 bits per heavy atom. The topological polar surface area (TPSA) is 0 Å². The van der Waals surface area contributed by atoms with Crippen LogP contribution in [0.2, 0.25) is 0 Å². The molecule has 2 fully saturated rings. The molecule has 0 aromatic carbocycles. The largest absolute Gasteiger partial charge is 0.0625 e. The smallest absolute Gasteiger partial charge is 0.0352 e. The molecule has 0 radical (unpaired) electrons. The normalized spacial score (nSPS) is 41.1. The van der Waals surface area contributed by atoms with Gasteiger partial charge in [0.2, 0.25) is 0 Å². The molecular weight excluding hydrogens is 156 g/mol. The van der Waals surface area contributed by atoms with Crippen LogP contribution in [0.15, 0.2) is 0 Å². The molecule has 0 aromatic heterocycles. The molecule has 3 atom stereocenters. The van der Waals surface area contributed by atoms with E-state index in [0.717, 1.165) is 29.6 Å². The highest BCUT2D eigenvalue weighted by molar-refractivity contribution is 4.90. The summed E-state index contributed by atoms with van der Waals surface area (Å²) < 4.78 is 0. The van der Waals surface area contributed by atoms with E-state index in [1.54, 1.807) is 12.8 Å². The van der Waals surface area contributed by atoms with Crippen LogP contribution in [0.1, 0.15) is 52.9 Å². The molecule has 0 unspecified atom stereocenters. The molecular formula is C13H24. The van der Waals surface area contributed by atoms with Crippen LogP contribution in [-0.2, 0) is 0 Å². The molecule has 2 rings (SSSR count). The van der Waals surface area contributed by atoms with E-state index < -0.39 is 0 Å². The van der Waals surface area contributed by atoms with Crippen LogP contribution in [0.3, 0.4) is 0 Å². The summed E-state index contributed by atoms with van der Waals surface area (Å²) >= 11 is 0. The first-order chi connectivity index (χ1) is 6.18. The van der Waals surface area contributed by atoms with Crippen molar-refractivity contribution in [1.29, 1.82) is 0 Å². The van der Waals surface area contributed by atoms with Crippen LogP contribution in [0.4, 0.5) is 0 Å². The first-order valence-corrected chi connectivity index (χ1v) is 6.18. The fraction of sp³-hybridized carbons (Fsp3) is 1.00. The molecule has 0 amide bonds. The highest BCUT2D eigenvalue weighted by atomic mass is 14.5. The first kappa shape index (κ1) is 9.55. The maximum Gasteiger partial charge on any atom is -0.0352 e. The first-order valence-electron chi connectivity index (χ1n) is 6.18. The summed E-state index contributed by atoms with van der Waals surface area (Å²) in [5.41, 5.74) is 0. The fourth-order valence-electron chi connectivity index (χ4n) is 3.34. The lowest BCUT2D eigenvalue weighted by atomic mass is 9.68. The maximum atomic E-state index is 2.45. The van der Waals surface area contributed by atoms with Crippen molar-refractivity contribution in [2.24, 2.45) is 29.6 Å². The van der Waals surface area contributed by atoms with Crippen LogP contribution in [0, 0.1) is 29.6 Å². The van der Waals surface area contributed by atoms with Gasteiger partial charge in [-0.3, -0.25) is 0 Å². The van der Waals surface area contributed by atoms with E-state index in [1.807, 2.05) is 0 Å². The van der Waals surface area contributed by atoms with Crippen molar-refractivity contribution < 1.29 is 0 Å². The van der Waals surface area contributed by atoms with E-state index in [0.29, 0.717) is 0 Å². The molecule has 76 valence electrons. The SMILES string of the molecule is CC(C)[C@@H]1CC[C@@H](C)C[C@H]1C1CC1. The Morgan fingerprint density at radius 1 is 1.00 bits per heavy atom. The highest BCUT2D eigenvalue weighted by Crippen LogP contribution is 2.50. The van der Waals surface area contributed by atoms with Crippen LogP contribution in [0.5, 0.6) is 0 Å². The second kappa shape index (κ2) is 3.63. The summed E-state index contributed by atoms with van der Waals surface area (Å²) in [7, 11) is 0. The van der Waals surface area contributed by atoms with Gasteiger partial charge in [-0.05, 0) is 55.3 Å². The minimum atomic E-state index is 0.929. The van der Waals surface area contributed by atoms with Gasteiger partial charge in [-0.1, -0.05) is 27.2 Å². The summed E-state index contributed by atoms with van der Waals surface area (Å²) in [4.78, 5) is 0. The average molecular weight is 180 g/mol. The van der Waals surface area contributed by atoms with Crippen molar-refractivity contribution in [3.05, 3.63) is 0 Å². The van der Waals surface area contributed by atoms with Crippen LogP contribution in [-0.4, -0.2) is 0 Å². The van der Waals surface area contributed by atoms with E-state index in [2.05, 4.69) is 20.8 Å². The van der Waals surface area contributed by atoms with Gasteiger partial charge in [0.25, 0.3) is 0 Å². The lowest BCUT2D eigenvalue weighted by Gasteiger charge is -2.37. The fourth-order valence-corrected chi connectivity index (χ4v) is 3.34. The molecule has 0 N–H and O–H groups in total. The van der Waals surface area contributed by atoms with Gasteiger partial charge in [0.05, 0.1) is 0 Å². The molecule has 2 saturated carbocycles. The Kier molecular flexibility index (Phi) is 2.67. The zero-order valence-corrected chi connectivity index (χ0v) is 9.42. The number of hydrogen-bond acceptors (Lipinski definition) is 0. The van der Waals surface area contributed by atoms with Gasteiger partial charge in [0, 0.05) is 0 Å². The molecule has 0 saturated heterocycles. The molecule has 0 heterocycles. The minimum absolute atomic E-state index is 0.929. The summed E-state index contributed by atoms with van der Waals surface area (Å²) in [6, 6.07) is 0. The molecule has 0 heteroatoms. The third kappa shape index (κ3) is 2.08. The van der Waals surface area contributed by atoms with Crippen LogP contribution < -0.4 is 0 Å². The summed E-state index contributed by atoms with van der Waals surface area (Å²) in [6.07, 6.45) is 7.63. The molecule has 0 aliphatic heterocycles. The molecule has 13 heavy (non-hydrogen) atoms. The average Bonchev–Trinajstić information content (AvgIpc) is 2.85. The van der Waals surface area contributed by atoms with Crippen molar-refractivity contribution in [3.8, 4) is 0 Å². The van der Waals surface area contributed by atoms with Gasteiger partial charge in [0.15, 0.2) is 0 Å². The Bertz CT molecular complexity index is 167. The van der Waals surface area contributed by atoms with Crippen molar-refractivity contribution in [1.82, 2.24) is 0 Å². The lowest BCUT2D eigenvalue weighted by molar-refractivity contribution is 0.126. The third-order valence-corrected chi connectivity index (χ3v) is 4.30. The molecule has 0 spiro atoms. The summed E-state index contributed by atoms with van der Waals surface area (Å²) in [5.74, 6) is 5.24. The van der Waals surface area contributed by atoms with Gasteiger partial charge in [-0.25, -0.2) is 0 Å². The van der Waals surface area contributed by atoms with Gasteiger partial charge in [-0.2, -0.15) is 0 Å². The predicted octanol–water partition coefficient (Wildman–Crippen LogP) is 4.10. The van der Waals surface area contributed by atoms with E-state index in [4.69, 9.17) is 0 Å². The molecule has 2 aliphatic rings. The second-order valence-electron chi connectivity index (χ2n) is 5.83. The van der Waals surface area contributed by atoms with E-state index in [-0.39, 0.29) is 0 Å². The van der Waals surface area contributed by atoms with E-state index >= 15 is 0 Å². The monoisotopic (exact) mass is 180 g/mol. The molecule has 0 bridgehead atoms. The number of hydrogen-bond donors (Lipinski definition) is 0. The third-order valence-electron chi connectivity index (χ3n) is 4.30. The Balaban J connectivity index is 1.98. The minimum Gasteiger partial charge on any atom is -0.0625 e. The standard InChI is InChI=1S/C13H24/c1-9(2)12-7-4-10(3)8-13(12)11-5-6-11/h9-13H,4-8H2,1-3H3/t10-,12+,13+/m1/s1. The highest BCUT2D eigenvalue weighted by Gasteiger charge is 2.40. The zero-order chi connectivity index (χ0) is 9.42. The van der Waals surface area contributed by atoms with Gasteiger partial charge in [0.1, 0.15) is 0 Å². The Labute approximate surface area is 83.1 Å². The quantitative estimate of drug-likeness (QED) is 0.600. The zero-order valence-electron chi connectivity index (χ0n) is 9.42. The summed E-state index contributed by atoms with van der Waals surface area (Å²) in [6.45, 7) is 7.30. The maximum absolute atomic E-state index is 2.45. The lowest BCUT2D eigenvalue weighted by Crippen LogP contribution is -2.28.